The van der Waals surface area contributed by atoms with Crippen molar-refractivity contribution >= 4 is 23.0 Å². The average Bonchev–Trinajstić information content (AvgIpc) is 2.57. The lowest BCUT2D eigenvalue weighted by atomic mass is 10.2. The van der Waals surface area contributed by atoms with Gasteiger partial charge in [0.1, 0.15) is 0 Å². The molecule has 0 saturated heterocycles. The Morgan fingerprint density at radius 3 is 1.67 bits per heavy atom. The lowest BCUT2D eigenvalue weighted by Crippen LogP contribution is -2.37. The van der Waals surface area contributed by atoms with E-state index in [0.717, 1.165) is 49.2 Å². The second-order valence-electron chi connectivity index (χ2n) is 6.60. The molecule has 6 heteroatoms. The molecule has 0 N–H and O–H groups in total. The standard InChI is InChI=1S/C18H26N6/c1-21(2)11-13-23-15-7-5-9-19-17(15)24(14-12-22(3)4)18-16(23)8-6-10-20-18/h5-10H,11-14H2,1-4H3. The van der Waals surface area contributed by atoms with E-state index in [4.69, 9.17) is 0 Å². The van der Waals surface area contributed by atoms with Crippen LogP contribution in [0.1, 0.15) is 0 Å². The highest BCUT2D eigenvalue weighted by Gasteiger charge is 2.29. The Bertz CT molecular complexity index is 579. The normalized spacial score (nSPS) is 13.4. The highest BCUT2D eigenvalue weighted by molar-refractivity contribution is 5.89. The van der Waals surface area contributed by atoms with Crippen LogP contribution in [0.4, 0.5) is 23.0 Å². The Hall–Kier alpha value is -2.18. The molecule has 0 aliphatic carbocycles. The molecule has 2 aromatic heterocycles. The molecule has 3 rings (SSSR count). The summed E-state index contributed by atoms with van der Waals surface area (Å²) in [7, 11) is 8.38. The van der Waals surface area contributed by atoms with Crippen LogP contribution >= 0.6 is 0 Å². The van der Waals surface area contributed by atoms with E-state index in [-0.39, 0.29) is 0 Å². The fraction of sp³-hybridized carbons (Fsp3) is 0.444. The van der Waals surface area contributed by atoms with Crippen LogP contribution in [0.5, 0.6) is 0 Å². The summed E-state index contributed by atoms with van der Waals surface area (Å²) in [4.78, 5) is 18.3. The van der Waals surface area contributed by atoms with E-state index in [1.54, 1.807) is 0 Å². The van der Waals surface area contributed by atoms with Crippen molar-refractivity contribution in [2.45, 2.75) is 0 Å². The van der Waals surface area contributed by atoms with Gasteiger partial charge in [-0.2, -0.15) is 0 Å². The highest BCUT2D eigenvalue weighted by Crippen LogP contribution is 2.44. The number of fused-ring (bicyclic) bond motifs is 2. The zero-order valence-electron chi connectivity index (χ0n) is 15.0. The summed E-state index contributed by atoms with van der Waals surface area (Å²) in [5.41, 5.74) is 2.30. The highest BCUT2D eigenvalue weighted by atomic mass is 15.3. The van der Waals surface area contributed by atoms with Crippen molar-refractivity contribution in [2.75, 3.05) is 64.2 Å². The molecule has 0 radical (unpaired) electrons. The first-order valence-corrected chi connectivity index (χ1v) is 8.32. The predicted molar refractivity (Wildman–Crippen MR) is 99.6 cm³/mol. The Morgan fingerprint density at radius 2 is 1.21 bits per heavy atom. The molecule has 1 aliphatic heterocycles. The molecule has 128 valence electrons. The van der Waals surface area contributed by atoms with Gasteiger partial charge in [0.05, 0.1) is 11.4 Å². The van der Waals surface area contributed by atoms with E-state index in [2.05, 4.69) is 69.9 Å². The van der Waals surface area contributed by atoms with Crippen molar-refractivity contribution in [3.05, 3.63) is 36.7 Å². The molecule has 0 saturated carbocycles. The molecule has 0 fully saturated rings. The quantitative estimate of drug-likeness (QED) is 0.810. The summed E-state index contributed by atoms with van der Waals surface area (Å²) >= 11 is 0. The van der Waals surface area contributed by atoms with Gasteiger partial charge in [-0.3, -0.25) is 0 Å². The topological polar surface area (TPSA) is 38.7 Å². The fourth-order valence-corrected chi connectivity index (χ4v) is 2.90. The molecule has 1 aliphatic rings. The van der Waals surface area contributed by atoms with Crippen LogP contribution in [0, 0.1) is 0 Å². The minimum atomic E-state index is 0.864. The molecule has 6 nitrogen and oxygen atoms in total. The van der Waals surface area contributed by atoms with Gasteiger partial charge in [-0.15, -0.1) is 0 Å². The SMILES string of the molecule is CN(C)CCN1c2cccnc2N(CCN(C)C)c2ncccc21. The number of pyridine rings is 2. The first-order chi connectivity index (χ1) is 11.6. The molecule has 0 bridgehead atoms. The van der Waals surface area contributed by atoms with Crippen LogP contribution in [0.25, 0.3) is 0 Å². The van der Waals surface area contributed by atoms with E-state index in [1.807, 2.05) is 24.5 Å². The molecule has 0 atom stereocenters. The number of hydrogen-bond acceptors (Lipinski definition) is 6. The van der Waals surface area contributed by atoms with E-state index in [9.17, 15) is 0 Å². The predicted octanol–water partition coefficient (Wildman–Crippen LogP) is 2.19. The number of aromatic nitrogens is 2. The van der Waals surface area contributed by atoms with Crippen LogP contribution in [-0.4, -0.2) is 74.1 Å². The molecule has 0 aromatic carbocycles. The zero-order chi connectivity index (χ0) is 17.1. The van der Waals surface area contributed by atoms with Crippen LogP contribution in [-0.2, 0) is 0 Å². The molecule has 0 unspecified atom stereocenters. The van der Waals surface area contributed by atoms with E-state index in [0.29, 0.717) is 0 Å². The summed E-state index contributed by atoms with van der Waals surface area (Å²) in [5.74, 6) is 1.98. The van der Waals surface area contributed by atoms with Gasteiger partial charge in [-0.25, -0.2) is 9.97 Å². The van der Waals surface area contributed by atoms with Crippen molar-refractivity contribution < 1.29 is 0 Å². The van der Waals surface area contributed by atoms with Crippen LogP contribution in [0.15, 0.2) is 36.7 Å². The Kier molecular flexibility index (Phi) is 4.97. The lowest BCUT2D eigenvalue weighted by molar-refractivity contribution is 0.415. The van der Waals surface area contributed by atoms with Crippen molar-refractivity contribution in [1.29, 1.82) is 0 Å². The molecule has 3 heterocycles. The third kappa shape index (κ3) is 3.34. The number of nitrogens with zero attached hydrogens (tertiary/aromatic N) is 6. The maximum absolute atomic E-state index is 4.67. The monoisotopic (exact) mass is 326 g/mol. The van der Waals surface area contributed by atoms with Gasteiger partial charge in [0.25, 0.3) is 0 Å². The Labute approximate surface area is 144 Å². The number of likely N-dealkylation sites (N-methyl/N-ethyl adjacent to an activating group) is 2. The van der Waals surface area contributed by atoms with E-state index >= 15 is 0 Å². The van der Waals surface area contributed by atoms with Gasteiger partial charge >= 0.3 is 0 Å². The smallest absolute Gasteiger partial charge is 0.158 e. The third-order valence-electron chi connectivity index (χ3n) is 4.17. The van der Waals surface area contributed by atoms with Crippen molar-refractivity contribution in [1.82, 2.24) is 19.8 Å². The lowest BCUT2D eigenvalue weighted by Gasteiger charge is -2.39. The largest absolute Gasteiger partial charge is 0.334 e. The van der Waals surface area contributed by atoms with Crippen LogP contribution in [0.2, 0.25) is 0 Å². The van der Waals surface area contributed by atoms with Gasteiger partial charge < -0.3 is 19.6 Å². The van der Waals surface area contributed by atoms with Gasteiger partial charge in [0.15, 0.2) is 11.6 Å². The molecule has 0 amide bonds. The van der Waals surface area contributed by atoms with Gasteiger partial charge in [-0.05, 0) is 52.5 Å². The zero-order valence-corrected chi connectivity index (χ0v) is 15.0. The van der Waals surface area contributed by atoms with Crippen molar-refractivity contribution in [2.24, 2.45) is 0 Å². The maximum atomic E-state index is 4.67. The molecule has 2 aromatic rings. The van der Waals surface area contributed by atoms with Gasteiger partial charge in [-0.1, -0.05) is 0 Å². The summed E-state index contributed by atoms with van der Waals surface area (Å²) in [6.45, 7) is 3.69. The molecule has 0 spiro atoms. The summed E-state index contributed by atoms with van der Waals surface area (Å²) in [6, 6.07) is 8.31. The van der Waals surface area contributed by atoms with Gasteiger partial charge in [0.2, 0.25) is 0 Å². The maximum Gasteiger partial charge on any atom is 0.158 e. The molecule has 24 heavy (non-hydrogen) atoms. The van der Waals surface area contributed by atoms with Crippen LogP contribution < -0.4 is 9.80 Å². The Balaban J connectivity index is 2.02. The second kappa shape index (κ2) is 7.15. The molecular weight excluding hydrogens is 300 g/mol. The first kappa shape index (κ1) is 16.7. The number of hydrogen-bond donors (Lipinski definition) is 0. The minimum absolute atomic E-state index is 0.864. The second-order valence-corrected chi connectivity index (χ2v) is 6.60. The summed E-state index contributed by atoms with van der Waals surface area (Å²) in [6.07, 6.45) is 3.72. The van der Waals surface area contributed by atoms with Gasteiger partial charge in [0, 0.05) is 38.6 Å². The van der Waals surface area contributed by atoms with Crippen molar-refractivity contribution in [3.8, 4) is 0 Å². The fourth-order valence-electron chi connectivity index (χ4n) is 2.90. The van der Waals surface area contributed by atoms with Crippen LogP contribution in [0.3, 0.4) is 0 Å². The summed E-state index contributed by atoms with van der Waals surface area (Å²) in [5, 5.41) is 0. The number of rotatable bonds is 6. The molecular formula is C18H26N6. The first-order valence-electron chi connectivity index (χ1n) is 8.32. The van der Waals surface area contributed by atoms with Crippen molar-refractivity contribution in [3.63, 3.8) is 0 Å². The third-order valence-corrected chi connectivity index (χ3v) is 4.17. The minimum Gasteiger partial charge on any atom is -0.334 e. The average molecular weight is 326 g/mol. The van der Waals surface area contributed by atoms with E-state index < -0.39 is 0 Å². The Morgan fingerprint density at radius 1 is 0.750 bits per heavy atom. The van der Waals surface area contributed by atoms with E-state index in [1.165, 1.54) is 0 Å². The summed E-state index contributed by atoms with van der Waals surface area (Å²) < 4.78 is 0. The number of anilines is 4.